The van der Waals surface area contributed by atoms with Crippen LogP contribution in [0.5, 0.6) is 0 Å². The van der Waals surface area contributed by atoms with E-state index in [2.05, 4.69) is 5.10 Å². The standard InChI is InChI=1S/C12H22N2O3/c1-4-16-12(17-5-2)11(15)7-6-10-8-9-13-14(10)3/h8-9,11-12,15H,4-7H2,1-3H3. The van der Waals surface area contributed by atoms with E-state index < -0.39 is 12.4 Å². The van der Waals surface area contributed by atoms with Gasteiger partial charge in [0.15, 0.2) is 6.29 Å². The second-order valence-corrected chi connectivity index (χ2v) is 3.83. The molecule has 1 atom stereocenters. The van der Waals surface area contributed by atoms with Crippen LogP contribution in [0, 0.1) is 0 Å². The zero-order chi connectivity index (χ0) is 12.7. The number of aromatic nitrogens is 2. The van der Waals surface area contributed by atoms with Crippen molar-refractivity contribution in [3.05, 3.63) is 18.0 Å². The third kappa shape index (κ3) is 4.46. The Morgan fingerprint density at radius 2 is 2.00 bits per heavy atom. The average molecular weight is 242 g/mol. The second kappa shape index (κ2) is 7.42. The van der Waals surface area contributed by atoms with E-state index in [-0.39, 0.29) is 0 Å². The molecule has 1 rings (SSSR count). The topological polar surface area (TPSA) is 56.5 Å². The number of ether oxygens (including phenoxy) is 2. The van der Waals surface area contributed by atoms with Crippen molar-refractivity contribution < 1.29 is 14.6 Å². The van der Waals surface area contributed by atoms with Gasteiger partial charge in [-0.15, -0.1) is 0 Å². The van der Waals surface area contributed by atoms with E-state index in [1.807, 2.05) is 31.6 Å². The lowest BCUT2D eigenvalue weighted by Crippen LogP contribution is -2.32. The molecule has 1 aromatic heterocycles. The van der Waals surface area contributed by atoms with E-state index in [9.17, 15) is 5.11 Å². The van der Waals surface area contributed by atoms with Gasteiger partial charge in [-0.1, -0.05) is 0 Å². The first-order valence-electron chi connectivity index (χ1n) is 6.07. The predicted molar refractivity (Wildman–Crippen MR) is 64.6 cm³/mol. The highest BCUT2D eigenvalue weighted by Crippen LogP contribution is 2.10. The van der Waals surface area contributed by atoms with Crippen molar-refractivity contribution in [2.24, 2.45) is 7.05 Å². The van der Waals surface area contributed by atoms with Gasteiger partial charge >= 0.3 is 0 Å². The highest BCUT2D eigenvalue weighted by molar-refractivity contribution is 5.00. The predicted octanol–water partition coefficient (Wildman–Crippen LogP) is 1.11. The Balaban J connectivity index is 2.41. The van der Waals surface area contributed by atoms with E-state index >= 15 is 0 Å². The van der Waals surface area contributed by atoms with Gasteiger partial charge in [0.25, 0.3) is 0 Å². The summed E-state index contributed by atoms with van der Waals surface area (Å²) in [7, 11) is 1.89. The van der Waals surface area contributed by atoms with E-state index in [1.54, 1.807) is 6.20 Å². The van der Waals surface area contributed by atoms with Crippen LogP contribution in [0.1, 0.15) is 26.0 Å². The average Bonchev–Trinajstić information content (AvgIpc) is 2.71. The van der Waals surface area contributed by atoms with Crippen LogP contribution in [0.4, 0.5) is 0 Å². The zero-order valence-corrected chi connectivity index (χ0v) is 10.8. The molecule has 1 heterocycles. The minimum absolute atomic E-state index is 0.529. The molecule has 0 saturated carbocycles. The summed E-state index contributed by atoms with van der Waals surface area (Å²) in [6.45, 7) is 4.85. The molecule has 98 valence electrons. The molecular weight excluding hydrogens is 220 g/mol. The van der Waals surface area contributed by atoms with E-state index in [0.29, 0.717) is 19.6 Å². The molecule has 5 nitrogen and oxygen atoms in total. The fourth-order valence-corrected chi connectivity index (χ4v) is 1.68. The monoisotopic (exact) mass is 242 g/mol. The number of aliphatic hydroxyl groups excluding tert-OH is 1. The number of hydrogen-bond donors (Lipinski definition) is 1. The molecule has 0 fully saturated rings. The SMILES string of the molecule is CCOC(OCC)C(O)CCc1ccnn1C. The molecule has 0 aliphatic heterocycles. The van der Waals surface area contributed by atoms with Gasteiger partial charge in [-0.05, 0) is 32.8 Å². The fraction of sp³-hybridized carbons (Fsp3) is 0.750. The first-order chi connectivity index (χ1) is 8.19. The number of nitrogens with zero attached hydrogens (tertiary/aromatic N) is 2. The Labute approximate surface area is 102 Å². The van der Waals surface area contributed by atoms with Gasteiger partial charge in [0.2, 0.25) is 0 Å². The summed E-state index contributed by atoms with van der Waals surface area (Å²) < 4.78 is 12.5. The van der Waals surface area contributed by atoms with Crippen LogP contribution >= 0.6 is 0 Å². The first kappa shape index (κ1) is 14.2. The summed E-state index contributed by atoms with van der Waals surface area (Å²) in [6, 6.07) is 1.95. The van der Waals surface area contributed by atoms with E-state index in [4.69, 9.17) is 9.47 Å². The highest BCUT2D eigenvalue weighted by atomic mass is 16.7. The second-order valence-electron chi connectivity index (χ2n) is 3.83. The Kier molecular flexibility index (Phi) is 6.18. The number of aliphatic hydroxyl groups is 1. The molecule has 0 amide bonds. The molecule has 1 aromatic rings. The number of aryl methyl sites for hydroxylation is 2. The zero-order valence-electron chi connectivity index (χ0n) is 10.8. The summed E-state index contributed by atoms with van der Waals surface area (Å²) in [5, 5.41) is 14.1. The smallest absolute Gasteiger partial charge is 0.183 e. The van der Waals surface area contributed by atoms with Crippen LogP contribution in [-0.4, -0.2) is 40.5 Å². The molecule has 0 aromatic carbocycles. The molecule has 0 aliphatic rings. The van der Waals surface area contributed by atoms with Crippen LogP contribution in [0.2, 0.25) is 0 Å². The molecule has 0 spiro atoms. The van der Waals surface area contributed by atoms with Crippen LogP contribution in [0.3, 0.4) is 0 Å². The quantitative estimate of drug-likeness (QED) is 0.694. The third-order valence-corrected chi connectivity index (χ3v) is 2.59. The fourth-order valence-electron chi connectivity index (χ4n) is 1.68. The summed E-state index contributed by atoms with van der Waals surface area (Å²) in [5.74, 6) is 0. The molecule has 17 heavy (non-hydrogen) atoms. The largest absolute Gasteiger partial charge is 0.388 e. The van der Waals surface area contributed by atoms with Gasteiger partial charge < -0.3 is 14.6 Å². The van der Waals surface area contributed by atoms with E-state index in [1.165, 1.54) is 0 Å². The Hall–Kier alpha value is -0.910. The van der Waals surface area contributed by atoms with Crippen molar-refractivity contribution in [1.82, 2.24) is 9.78 Å². The van der Waals surface area contributed by atoms with Crippen molar-refractivity contribution in [2.75, 3.05) is 13.2 Å². The van der Waals surface area contributed by atoms with Crippen molar-refractivity contribution in [3.8, 4) is 0 Å². The molecule has 0 radical (unpaired) electrons. The van der Waals surface area contributed by atoms with E-state index in [0.717, 1.165) is 12.1 Å². The Morgan fingerprint density at radius 1 is 1.35 bits per heavy atom. The highest BCUT2D eigenvalue weighted by Gasteiger charge is 2.19. The summed E-state index contributed by atoms with van der Waals surface area (Å²) in [5.41, 5.74) is 1.09. The summed E-state index contributed by atoms with van der Waals surface area (Å²) in [4.78, 5) is 0. The van der Waals surface area contributed by atoms with Crippen LogP contribution in [0.25, 0.3) is 0 Å². The molecule has 1 unspecified atom stereocenters. The number of hydrogen-bond acceptors (Lipinski definition) is 4. The summed E-state index contributed by atoms with van der Waals surface area (Å²) in [6.07, 6.45) is 1.98. The third-order valence-electron chi connectivity index (χ3n) is 2.59. The van der Waals surface area contributed by atoms with Gasteiger partial charge in [0.1, 0.15) is 6.10 Å². The maximum atomic E-state index is 9.98. The lowest BCUT2D eigenvalue weighted by Gasteiger charge is -2.22. The Morgan fingerprint density at radius 3 is 2.47 bits per heavy atom. The Bertz CT molecular complexity index is 308. The number of rotatable bonds is 8. The maximum absolute atomic E-state index is 9.98. The minimum Gasteiger partial charge on any atom is -0.388 e. The van der Waals surface area contributed by atoms with Crippen molar-refractivity contribution >= 4 is 0 Å². The van der Waals surface area contributed by atoms with Crippen LogP contribution < -0.4 is 0 Å². The maximum Gasteiger partial charge on any atom is 0.183 e. The van der Waals surface area contributed by atoms with Gasteiger partial charge in [0.05, 0.1) is 0 Å². The minimum atomic E-state index is -0.607. The van der Waals surface area contributed by atoms with Gasteiger partial charge in [0, 0.05) is 32.2 Å². The molecule has 0 aliphatic carbocycles. The molecule has 0 bridgehead atoms. The molecule has 1 N–H and O–H groups in total. The lowest BCUT2D eigenvalue weighted by molar-refractivity contribution is -0.190. The molecule has 5 heteroatoms. The van der Waals surface area contributed by atoms with Gasteiger partial charge in [-0.2, -0.15) is 5.10 Å². The van der Waals surface area contributed by atoms with Crippen LogP contribution in [-0.2, 0) is 22.9 Å². The summed E-state index contributed by atoms with van der Waals surface area (Å²) >= 11 is 0. The molecule has 0 saturated heterocycles. The van der Waals surface area contributed by atoms with Gasteiger partial charge in [-0.25, -0.2) is 0 Å². The molecular formula is C12H22N2O3. The normalized spacial score (nSPS) is 13.2. The van der Waals surface area contributed by atoms with Crippen molar-refractivity contribution in [2.45, 2.75) is 39.1 Å². The van der Waals surface area contributed by atoms with Crippen molar-refractivity contribution in [3.63, 3.8) is 0 Å². The lowest BCUT2D eigenvalue weighted by atomic mass is 10.1. The van der Waals surface area contributed by atoms with Crippen molar-refractivity contribution in [1.29, 1.82) is 0 Å². The van der Waals surface area contributed by atoms with Crippen LogP contribution in [0.15, 0.2) is 12.3 Å². The first-order valence-corrected chi connectivity index (χ1v) is 6.07. The van der Waals surface area contributed by atoms with Gasteiger partial charge in [-0.3, -0.25) is 4.68 Å².